The molecule has 1 atom stereocenters. The SMILES string of the molecule is COc1ccc2nc(N)n(CC3CCCCO3)c2c1. The lowest BCUT2D eigenvalue weighted by Gasteiger charge is -2.23. The van der Waals surface area contributed by atoms with E-state index >= 15 is 0 Å². The smallest absolute Gasteiger partial charge is 0.201 e. The summed E-state index contributed by atoms with van der Waals surface area (Å²) >= 11 is 0. The van der Waals surface area contributed by atoms with E-state index in [0.717, 1.165) is 42.8 Å². The number of nitrogen functional groups attached to an aromatic ring is 1. The van der Waals surface area contributed by atoms with Crippen molar-refractivity contribution in [2.45, 2.75) is 31.9 Å². The summed E-state index contributed by atoms with van der Waals surface area (Å²) in [6.07, 6.45) is 3.70. The minimum absolute atomic E-state index is 0.236. The van der Waals surface area contributed by atoms with Crippen LogP contribution in [0.5, 0.6) is 5.75 Å². The van der Waals surface area contributed by atoms with Crippen molar-refractivity contribution in [3.63, 3.8) is 0 Å². The second-order valence-electron chi connectivity index (χ2n) is 4.92. The Balaban J connectivity index is 1.94. The molecule has 0 amide bonds. The van der Waals surface area contributed by atoms with Crippen LogP contribution in [0.25, 0.3) is 11.0 Å². The number of hydrogen-bond acceptors (Lipinski definition) is 4. The quantitative estimate of drug-likeness (QED) is 0.920. The maximum atomic E-state index is 6.02. The summed E-state index contributed by atoms with van der Waals surface area (Å²) in [4.78, 5) is 4.38. The second-order valence-corrected chi connectivity index (χ2v) is 4.92. The van der Waals surface area contributed by atoms with E-state index in [1.807, 2.05) is 22.8 Å². The molecule has 0 saturated carbocycles. The molecule has 2 aromatic rings. The molecule has 0 spiro atoms. The van der Waals surface area contributed by atoms with Crippen molar-refractivity contribution in [3.8, 4) is 5.75 Å². The van der Waals surface area contributed by atoms with Crippen LogP contribution in [0.2, 0.25) is 0 Å². The highest BCUT2D eigenvalue weighted by Gasteiger charge is 2.17. The van der Waals surface area contributed by atoms with E-state index in [1.165, 1.54) is 6.42 Å². The largest absolute Gasteiger partial charge is 0.497 e. The van der Waals surface area contributed by atoms with Crippen molar-refractivity contribution in [2.75, 3.05) is 19.5 Å². The predicted octanol–water partition coefficient (Wildman–Crippen LogP) is 2.20. The molecule has 1 aromatic heterocycles. The molecule has 1 fully saturated rings. The van der Waals surface area contributed by atoms with Gasteiger partial charge in [0.1, 0.15) is 5.75 Å². The molecule has 2 N–H and O–H groups in total. The summed E-state index contributed by atoms with van der Waals surface area (Å²) < 4.78 is 13.1. The highest BCUT2D eigenvalue weighted by Crippen LogP contribution is 2.25. The number of imidazole rings is 1. The van der Waals surface area contributed by atoms with Crippen molar-refractivity contribution in [1.29, 1.82) is 0 Å². The van der Waals surface area contributed by atoms with E-state index in [0.29, 0.717) is 5.95 Å². The van der Waals surface area contributed by atoms with Crippen molar-refractivity contribution in [3.05, 3.63) is 18.2 Å². The molecule has 5 nitrogen and oxygen atoms in total. The average Bonchev–Trinajstić information content (AvgIpc) is 2.76. The van der Waals surface area contributed by atoms with Crippen LogP contribution in [0.4, 0.5) is 5.95 Å². The number of hydrogen-bond donors (Lipinski definition) is 1. The van der Waals surface area contributed by atoms with Crippen molar-refractivity contribution in [1.82, 2.24) is 9.55 Å². The third-order valence-corrected chi connectivity index (χ3v) is 3.65. The van der Waals surface area contributed by atoms with Gasteiger partial charge in [-0.05, 0) is 31.4 Å². The van der Waals surface area contributed by atoms with Gasteiger partial charge >= 0.3 is 0 Å². The number of nitrogens with two attached hydrogens (primary N) is 1. The minimum Gasteiger partial charge on any atom is -0.497 e. The van der Waals surface area contributed by atoms with Gasteiger partial charge in [0.25, 0.3) is 0 Å². The lowest BCUT2D eigenvalue weighted by molar-refractivity contribution is 0.00694. The van der Waals surface area contributed by atoms with Gasteiger partial charge in [0.05, 0.1) is 30.8 Å². The monoisotopic (exact) mass is 261 g/mol. The number of rotatable bonds is 3. The van der Waals surface area contributed by atoms with Crippen LogP contribution in [0.15, 0.2) is 18.2 Å². The van der Waals surface area contributed by atoms with E-state index in [1.54, 1.807) is 7.11 Å². The molecule has 0 aliphatic carbocycles. The molecule has 0 bridgehead atoms. The maximum Gasteiger partial charge on any atom is 0.201 e. The van der Waals surface area contributed by atoms with Gasteiger partial charge in [0, 0.05) is 12.7 Å². The topological polar surface area (TPSA) is 62.3 Å². The molecule has 0 radical (unpaired) electrons. The van der Waals surface area contributed by atoms with Crippen molar-refractivity contribution in [2.24, 2.45) is 0 Å². The van der Waals surface area contributed by atoms with Crippen molar-refractivity contribution < 1.29 is 9.47 Å². The van der Waals surface area contributed by atoms with Gasteiger partial charge in [0.2, 0.25) is 5.95 Å². The fourth-order valence-corrected chi connectivity index (χ4v) is 2.60. The molecule has 2 heterocycles. The molecule has 3 rings (SSSR count). The molecule has 1 saturated heterocycles. The normalized spacial score (nSPS) is 19.7. The van der Waals surface area contributed by atoms with E-state index in [9.17, 15) is 0 Å². The first-order valence-corrected chi connectivity index (χ1v) is 6.69. The van der Waals surface area contributed by atoms with Crippen molar-refractivity contribution >= 4 is 17.0 Å². The molecule has 5 heteroatoms. The summed E-state index contributed by atoms with van der Waals surface area (Å²) in [5, 5.41) is 0. The summed E-state index contributed by atoms with van der Waals surface area (Å²) in [6, 6.07) is 5.81. The Kier molecular flexibility index (Phi) is 3.29. The molecule has 102 valence electrons. The number of benzene rings is 1. The Morgan fingerprint density at radius 3 is 3.11 bits per heavy atom. The van der Waals surface area contributed by atoms with Gasteiger partial charge in [-0.15, -0.1) is 0 Å². The summed E-state index contributed by atoms with van der Waals surface area (Å²) in [7, 11) is 1.66. The van der Waals surface area contributed by atoms with Crippen LogP contribution >= 0.6 is 0 Å². The van der Waals surface area contributed by atoms with Gasteiger partial charge in [-0.25, -0.2) is 4.98 Å². The van der Waals surface area contributed by atoms with Crippen LogP contribution in [0.1, 0.15) is 19.3 Å². The van der Waals surface area contributed by atoms with Gasteiger partial charge in [-0.3, -0.25) is 0 Å². The van der Waals surface area contributed by atoms with Crippen LogP contribution in [0, 0.1) is 0 Å². The van der Waals surface area contributed by atoms with Crippen LogP contribution in [-0.4, -0.2) is 29.4 Å². The summed E-state index contributed by atoms with van der Waals surface area (Å²) in [6.45, 7) is 1.61. The molecular weight excluding hydrogens is 242 g/mol. The highest BCUT2D eigenvalue weighted by molar-refractivity contribution is 5.79. The number of fused-ring (bicyclic) bond motifs is 1. The zero-order valence-corrected chi connectivity index (χ0v) is 11.1. The first-order chi connectivity index (χ1) is 9.28. The van der Waals surface area contributed by atoms with Crippen LogP contribution in [-0.2, 0) is 11.3 Å². The molecule has 1 aliphatic rings. The Labute approximate surface area is 112 Å². The number of nitrogens with zero attached hydrogens (tertiary/aromatic N) is 2. The standard InChI is InChI=1S/C14H19N3O2/c1-18-10-5-6-12-13(8-10)17(14(15)16-12)9-11-4-2-3-7-19-11/h5-6,8,11H,2-4,7,9H2,1H3,(H2,15,16). The van der Waals surface area contributed by atoms with E-state index in [2.05, 4.69) is 4.98 Å². The molecule has 1 aromatic carbocycles. The lowest BCUT2D eigenvalue weighted by atomic mass is 10.1. The Morgan fingerprint density at radius 2 is 2.37 bits per heavy atom. The highest BCUT2D eigenvalue weighted by atomic mass is 16.5. The van der Waals surface area contributed by atoms with Crippen LogP contribution < -0.4 is 10.5 Å². The Morgan fingerprint density at radius 1 is 1.47 bits per heavy atom. The average molecular weight is 261 g/mol. The zero-order chi connectivity index (χ0) is 13.2. The second kappa shape index (κ2) is 5.09. The molecule has 1 aliphatic heterocycles. The lowest BCUT2D eigenvalue weighted by Crippen LogP contribution is -2.25. The summed E-state index contributed by atoms with van der Waals surface area (Å²) in [5.74, 6) is 1.36. The molecule has 1 unspecified atom stereocenters. The molecular formula is C14H19N3O2. The van der Waals surface area contributed by atoms with Gasteiger partial charge in [0.15, 0.2) is 0 Å². The van der Waals surface area contributed by atoms with Gasteiger partial charge in [-0.1, -0.05) is 0 Å². The fraction of sp³-hybridized carbons (Fsp3) is 0.500. The van der Waals surface area contributed by atoms with E-state index in [4.69, 9.17) is 15.2 Å². The first-order valence-electron chi connectivity index (χ1n) is 6.69. The van der Waals surface area contributed by atoms with Gasteiger partial charge in [-0.2, -0.15) is 0 Å². The number of ether oxygens (including phenoxy) is 2. The third-order valence-electron chi connectivity index (χ3n) is 3.65. The maximum absolute atomic E-state index is 6.02. The Hall–Kier alpha value is -1.75. The predicted molar refractivity (Wildman–Crippen MR) is 74.3 cm³/mol. The number of aromatic nitrogens is 2. The first kappa shape index (κ1) is 12.3. The molecule has 19 heavy (non-hydrogen) atoms. The van der Waals surface area contributed by atoms with Gasteiger partial charge < -0.3 is 19.8 Å². The fourth-order valence-electron chi connectivity index (χ4n) is 2.60. The van der Waals surface area contributed by atoms with E-state index in [-0.39, 0.29) is 6.10 Å². The van der Waals surface area contributed by atoms with Crippen LogP contribution in [0.3, 0.4) is 0 Å². The summed E-state index contributed by atoms with van der Waals surface area (Å²) in [5.41, 5.74) is 7.92. The number of anilines is 1. The van der Waals surface area contributed by atoms with E-state index < -0.39 is 0 Å². The minimum atomic E-state index is 0.236. The zero-order valence-electron chi connectivity index (χ0n) is 11.1. The number of methoxy groups -OCH3 is 1. The Bertz CT molecular complexity index is 573. The third kappa shape index (κ3) is 2.38.